The zero-order valence-corrected chi connectivity index (χ0v) is 20.7. The number of nitrogens with zero attached hydrogens (tertiary/aromatic N) is 3. The van der Waals surface area contributed by atoms with E-state index in [4.69, 9.17) is 9.72 Å². The minimum atomic E-state index is -0.105. The van der Waals surface area contributed by atoms with Crippen LogP contribution in [-0.4, -0.2) is 43.0 Å². The number of hydrogen-bond acceptors (Lipinski definition) is 5. The van der Waals surface area contributed by atoms with Gasteiger partial charge in [0, 0.05) is 6.54 Å². The average Bonchev–Trinajstić information content (AvgIpc) is 3.23. The number of ether oxygens (including phenoxy) is 1. The largest absolute Gasteiger partial charge is 0.457 e. The first kappa shape index (κ1) is 24.7. The molecule has 4 rings (SSSR count). The molecule has 1 heterocycles. The minimum Gasteiger partial charge on any atom is -0.457 e. The summed E-state index contributed by atoms with van der Waals surface area (Å²) < 4.78 is 7.15. The number of aromatic nitrogens is 1. The maximum atomic E-state index is 13.8. The number of hydrogen-bond donors (Lipinski definition) is 0. The number of carbonyl (C=O) groups excluding carboxylic acids is 1. The number of thiazole rings is 1. The van der Waals surface area contributed by atoms with Crippen LogP contribution in [0.1, 0.15) is 22.3 Å². The topological polar surface area (TPSA) is 45.7 Å². The van der Waals surface area contributed by atoms with Crippen molar-refractivity contribution in [3.8, 4) is 11.5 Å². The SMILES string of the molecule is Cc1cccc2sc(N(CCCN(C)C)C(=O)c3ccccc3Oc3ccccc3)nc12.Cl. The Hall–Kier alpha value is -2.93. The molecule has 0 bridgehead atoms. The first-order valence-electron chi connectivity index (χ1n) is 10.7. The summed E-state index contributed by atoms with van der Waals surface area (Å²) in [6.07, 6.45) is 0.843. The predicted molar refractivity (Wildman–Crippen MR) is 139 cm³/mol. The molecule has 7 heteroatoms. The Morgan fingerprint density at radius 2 is 1.67 bits per heavy atom. The van der Waals surface area contributed by atoms with Crippen molar-refractivity contribution in [1.82, 2.24) is 9.88 Å². The van der Waals surface area contributed by atoms with Crippen LogP contribution in [0.2, 0.25) is 0 Å². The molecule has 33 heavy (non-hydrogen) atoms. The number of halogens is 1. The smallest absolute Gasteiger partial charge is 0.263 e. The maximum absolute atomic E-state index is 13.8. The molecule has 172 valence electrons. The third-order valence-electron chi connectivity index (χ3n) is 5.16. The van der Waals surface area contributed by atoms with Crippen LogP contribution in [0.25, 0.3) is 10.2 Å². The van der Waals surface area contributed by atoms with Crippen LogP contribution >= 0.6 is 23.7 Å². The molecule has 0 saturated heterocycles. The molecule has 0 fully saturated rings. The Morgan fingerprint density at radius 1 is 0.939 bits per heavy atom. The van der Waals surface area contributed by atoms with E-state index < -0.39 is 0 Å². The van der Waals surface area contributed by atoms with E-state index in [2.05, 4.69) is 11.0 Å². The van der Waals surface area contributed by atoms with E-state index in [1.54, 1.807) is 16.2 Å². The second-order valence-electron chi connectivity index (χ2n) is 7.94. The highest BCUT2D eigenvalue weighted by Crippen LogP contribution is 2.33. The van der Waals surface area contributed by atoms with Crippen molar-refractivity contribution in [3.63, 3.8) is 0 Å². The Bertz CT molecular complexity index is 1210. The third-order valence-corrected chi connectivity index (χ3v) is 6.20. The fraction of sp³-hybridized carbons (Fsp3) is 0.231. The van der Waals surface area contributed by atoms with Crippen LogP contribution in [0.5, 0.6) is 11.5 Å². The van der Waals surface area contributed by atoms with Gasteiger partial charge >= 0.3 is 0 Å². The lowest BCUT2D eigenvalue weighted by Crippen LogP contribution is -2.33. The number of aryl methyl sites for hydroxylation is 1. The van der Waals surface area contributed by atoms with Gasteiger partial charge in [-0.05, 0) is 69.9 Å². The Kier molecular flexibility index (Phi) is 8.44. The van der Waals surface area contributed by atoms with Crippen LogP contribution in [0.4, 0.5) is 5.13 Å². The van der Waals surface area contributed by atoms with Crippen LogP contribution in [0.3, 0.4) is 0 Å². The number of rotatable bonds is 8. The number of anilines is 1. The van der Waals surface area contributed by atoms with Crippen LogP contribution in [0.15, 0.2) is 72.8 Å². The highest BCUT2D eigenvalue weighted by Gasteiger charge is 2.24. The summed E-state index contributed by atoms with van der Waals surface area (Å²) in [5.41, 5.74) is 2.59. The number of fused-ring (bicyclic) bond motifs is 1. The molecule has 0 atom stereocenters. The van der Waals surface area contributed by atoms with Crippen molar-refractivity contribution < 1.29 is 9.53 Å². The lowest BCUT2D eigenvalue weighted by Gasteiger charge is -2.22. The van der Waals surface area contributed by atoms with Gasteiger partial charge < -0.3 is 9.64 Å². The lowest BCUT2D eigenvalue weighted by molar-refractivity contribution is 0.0984. The highest BCUT2D eigenvalue weighted by molar-refractivity contribution is 7.22. The summed E-state index contributed by atoms with van der Waals surface area (Å²) in [6, 6.07) is 23.1. The summed E-state index contributed by atoms with van der Waals surface area (Å²) in [5.74, 6) is 1.13. The van der Waals surface area contributed by atoms with Gasteiger partial charge in [0.2, 0.25) is 0 Å². The number of carbonyl (C=O) groups is 1. The first-order valence-corrected chi connectivity index (χ1v) is 11.5. The van der Waals surface area contributed by atoms with Gasteiger partial charge in [0.05, 0.1) is 15.8 Å². The number of amides is 1. The van der Waals surface area contributed by atoms with Gasteiger partial charge in [-0.25, -0.2) is 4.98 Å². The summed E-state index contributed by atoms with van der Waals surface area (Å²) >= 11 is 1.55. The molecule has 1 aromatic heterocycles. The normalized spacial score (nSPS) is 10.8. The fourth-order valence-electron chi connectivity index (χ4n) is 3.51. The van der Waals surface area contributed by atoms with Gasteiger partial charge in [0.1, 0.15) is 11.5 Å². The summed E-state index contributed by atoms with van der Waals surface area (Å²) in [5, 5.41) is 0.715. The van der Waals surface area contributed by atoms with E-state index in [1.807, 2.05) is 87.7 Å². The summed E-state index contributed by atoms with van der Waals surface area (Å²) in [6.45, 7) is 3.51. The molecular formula is C26H28ClN3O2S. The van der Waals surface area contributed by atoms with Gasteiger partial charge in [-0.1, -0.05) is 53.8 Å². The van der Waals surface area contributed by atoms with E-state index in [-0.39, 0.29) is 18.3 Å². The number of benzene rings is 3. The Labute approximate surface area is 205 Å². The van der Waals surface area contributed by atoms with E-state index >= 15 is 0 Å². The summed E-state index contributed by atoms with van der Waals surface area (Å²) in [7, 11) is 4.08. The molecule has 0 radical (unpaired) electrons. The van der Waals surface area contributed by atoms with Gasteiger partial charge in [0.25, 0.3) is 5.91 Å². The lowest BCUT2D eigenvalue weighted by atomic mass is 10.1. The molecule has 0 aliphatic heterocycles. The van der Waals surface area contributed by atoms with Crippen molar-refractivity contribution in [3.05, 3.63) is 83.9 Å². The van der Waals surface area contributed by atoms with Crippen molar-refractivity contribution in [2.75, 3.05) is 32.1 Å². The molecule has 3 aromatic carbocycles. The van der Waals surface area contributed by atoms with E-state index in [0.29, 0.717) is 28.7 Å². The van der Waals surface area contributed by atoms with Gasteiger partial charge in [-0.2, -0.15) is 0 Å². The molecular weight excluding hydrogens is 454 g/mol. The van der Waals surface area contributed by atoms with Crippen molar-refractivity contribution in [2.24, 2.45) is 0 Å². The molecule has 4 aromatic rings. The Morgan fingerprint density at radius 3 is 2.39 bits per heavy atom. The van der Waals surface area contributed by atoms with Gasteiger partial charge in [-0.15, -0.1) is 12.4 Å². The molecule has 0 aliphatic rings. The molecule has 5 nitrogen and oxygen atoms in total. The van der Waals surface area contributed by atoms with Gasteiger partial charge in [-0.3, -0.25) is 9.69 Å². The zero-order chi connectivity index (χ0) is 22.5. The van der Waals surface area contributed by atoms with E-state index in [1.165, 1.54) is 0 Å². The Balaban J connectivity index is 0.00000306. The monoisotopic (exact) mass is 481 g/mol. The molecule has 0 spiro atoms. The maximum Gasteiger partial charge on any atom is 0.263 e. The highest BCUT2D eigenvalue weighted by atomic mass is 35.5. The van der Waals surface area contributed by atoms with Crippen molar-refractivity contribution in [1.29, 1.82) is 0 Å². The van der Waals surface area contributed by atoms with Crippen LogP contribution in [-0.2, 0) is 0 Å². The molecule has 0 unspecified atom stereocenters. The molecule has 1 amide bonds. The van der Waals surface area contributed by atoms with Gasteiger partial charge in [0.15, 0.2) is 5.13 Å². The van der Waals surface area contributed by atoms with Crippen LogP contribution < -0.4 is 9.64 Å². The van der Waals surface area contributed by atoms with E-state index in [0.717, 1.165) is 28.7 Å². The fourth-order valence-corrected chi connectivity index (χ4v) is 4.58. The zero-order valence-electron chi connectivity index (χ0n) is 19.0. The van der Waals surface area contributed by atoms with E-state index in [9.17, 15) is 4.79 Å². The quantitative estimate of drug-likeness (QED) is 0.291. The van der Waals surface area contributed by atoms with Crippen molar-refractivity contribution in [2.45, 2.75) is 13.3 Å². The third kappa shape index (κ3) is 5.90. The predicted octanol–water partition coefficient (Wildman–Crippen LogP) is 6.42. The minimum absolute atomic E-state index is 0. The standard InChI is InChI=1S/C26H27N3O2S.ClH/c1-19-11-9-16-23-24(19)27-26(32-23)29(18-10-17-28(2)3)25(30)21-14-7-8-15-22(21)31-20-12-5-4-6-13-20;/h4-9,11-16H,10,17-18H2,1-3H3;1H. The number of para-hydroxylation sites is 3. The second-order valence-corrected chi connectivity index (χ2v) is 8.95. The molecule has 0 saturated carbocycles. The molecule has 0 aliphatic carbocycles. The second kappa shape index (κ2) is 11.3. The first-order chi connectivity index (χ1) is 15.5. The van der Waals surface area contributed by atoms with Crippen molar-refractivity contribution >= 4 is 45.0 Å². The molecule has 0 N–H and O–H groups in total. The van der Waals surface area contributed by atoms with Crippen LogP contribution in [0, 0.1) is 6.92 Å². The average molecular weight is 482 g/mol. The summed E-state index contributed by atoms with van der Waals surface area (Å²) in [4.78, 5) is 22.5.